The molecule has 0 radical (unpaired) electrons. The van der Waals surface area contributed by atoms with Crippen molar-refractivity contribution in [2.24, 2.45) is 7.05 Å². The van der Waals surface area contributed by atoms with E-state index in [4.69, 9.17) is 0 Å². The first-order chi connectivity index (χ1) is 14.1. The van der Waals surface area contributed by atoms with Gasteiger partial charge in [-0.1, -0.05) is 53.8 Å². The number of aryl methyl sites for hydroxylation is 1. The lowest BCUT2D eigenvalue weighted by Gasteiger charge is -2.02. The summed E-state index contributed by atoms with van der Waals surface area (Å²) < 4.78 is 14.9. The van der Waals surface area contributed by atoms with E-state index >= 15 is 0 Å². The normalized spacial score (nSPS) is 11.1. The van der Waals surface area contributed by atoms with Crippen molar-refractivity contribution < 1.29 is 9.18 Å². The Morgan fingerprint density at radius 1 is 1.14 bits per heavy atom. The second kappa shape index (κ2) is 8.20. The van der Waals surface area contributed by atoms with Gasteiger partial charge < -0.3 is 4.57 Å². The van der Waals surface area contributed by atoms with Crippen LogP contribution in [-0.2, 0) is 11.8 Å². The number of aromatic nitrogens is 3. The number of hydrogen-bond donors (Lipinski definition) is 1. The van der Waals surface area contributed by atoms with Gasteiger partial charge in [0.05, 0.1) is 10.6 Å². The van der Waals surface area contributed by atoms with E-state index in [0.29, 0.717) is 5.13 Å². The second-order valence-electron chi connectivity index (χ2n) is 6.30. The van der Waals surface area contributed by atoms with Crippen molar-refractivity contribution in [2.45, 2.75) is 0 Å². The number of thiazole rings is 1. The number of rotatable bonds is 5. The van der Waals surface area contributed by atoms with Crippen LogP contribution in [-0.4, -0.2) is 20.4 Å². The Bertz CT molecular complexity index is 1160. The minimum Gasteiger partial charge on any atom is -0.333 e. The quantitative estimate of drug-likeness (QED) is 0.476. The molecule has 0 fully saturated rings. The Hall–Kier alpha value is -3.58. The lowest BCUT2D eigenvalue weighted by Crippen LogP contribution is -2.07. The van der Waals surface area contributed by atoms with Crippen LogP contribution in [0.2, 0.25) is 0 Å². The van der Waals surface area contributed by atoms with Crippen LogP contribution in [0, 0.1) is 5.82 Å². The molecule has 0 aliphatic heterocycles. The van der Waals surface area contributed by atoms with E-state index in [1.54, 1.807) is 24.4 Å². The number of hydrogen-bond acceptors (Lipinski definition) is 4. The van der Waals surface area contributed by atoms with Gasteiger partial charge in [0, 0.05) is 31.1 Å². The molecular formula is C22H17FN4OS. The highest BCUT2D eigenvalue weighted by Gasteiger charge is 2.18. The maximum Gasteiger partial charge on any atom is 0.250 e. The average molecular weight is 404 g/mol. The van der Waals surface area contributed by atoms with Crippen molar-refractivity contribution in [1.29, 1.82) is 0 Å². The van der Waals surface area contributed by atoms with Crippen molar-refractivity contribution in [3.05, 3.63) is 84.4 Å². The van der Waals surface area contributed by atoms with Crippen molar-refractivity contribution in [1.82, 2.24) is 14.5 Å². The van der Waals surface area contributed by atoms with Crippen molar-refractivity contribution >= 4 is 28.5 Å². The maximum atomic E-state index is 13.0. The highest BCUT2D eigenvalue weighted by molar-refractivity contribution is 7.19. The summed E-state index contributed by atoms with van der Waals surface area (Å²) in [6, 6.07) is 15.7. The van der Waals surface area contributed by atoms with Gasteiger partial charge in [-0.2, -0.15) is 0 Å². The van der Waals surface area contributed by atoms with E-state index in [1.165, 1.54) is 29.5 Å². The molecule has 2 heterocycles. The van der Waals surface area contributed by atoms with Crippen molar-refractivity contribution in [2.75, 3.05) is 5.32 Å². The summed E-state index contributed by atoms with van der Waals surface area (Å²) in [6.07, 6.45) is 6.62. The number of nitrogens with one attached hydrogen (secondary N) is 1. The first-order valence-electron chi connectivity index (χ1n) is 8.89. The molecule has 0 spiro atoms. The summed E-state index contributed by atoms with van der Waals surface area (Å²) in [5.74, 6) is 0.155. The average Bonchev–Trinajstić information content (AvgIpc) is 3.34. The molecule has 0 bridgehead atoms. The molecule has 2 aromatic heterocycles. The van der Waals surface area contributed by atoms with E-state index in [-0.39, 0.29) is 11.7 Å². The molecule has 1 N–H and O–H groups in total. The lowest BCUT2D eigenvalue weighted by molar-refractivity contribution is -0.111. The first-order valence-corrected chi connectivity index (χ1v) is 9.70. The van der Waals surface area contributed by atoms with E-state index in [2.05, 4.69) is 15.3 Å². The SMILES string of the molecule is Cn1ccnc1-c1sc(NC(=O)/C=C/c2ccc(F)cc2)nc1-c1ccccc1. The number of amides is 1. The third kappa shape index (κ3) is 4.30. The minimum atomic E-state index is -0.315. The van der Waals surface area contributed by atoms with Gasteiger partial charge in [-0.25, -0.2) is 14.4 Å². The highest BCUT2D eigenvalue weighted by Crippen LogP contribution is 2.38. The second-order valence-corrected chi connectivity index (χ2v) is 7.30. The summed E-state index contributed by atoms with van der Waals surface area (Å²) >= 11 is 1.37. The van der Waals surface area contributed by atoms with Crippen LogP contribution in [0.15, 0.2) is 73.1 Å². The van der Waals surface area contributed by atoms with E-state index < -0.39 is 0 Å². The Morgan fingerprint density at radius 3 is 2.59 bits per heavy atom. The predicted octanol–water partition coefficient (Wildman–Crippen LogP) is 5.00. The molecule has 4 rings (SSSR count). The molecule has 0 unspecified atom stereocenters. The Morgan fingerprint density at radius 2 is 1.90 bits per heavy atom. The van der Waals surface area contributed by atoms with Gasteiger partial charge in [0.1, 0.15) is 5.82 Å². The van der Waals surface area contributed by atoms with E-state index in [0.717, 1.165) is 27.5 Å². The largest absolute Gasteiger partial charge is 0.333 e. The maximum absolute atomic E-state index is 13.0. The standard InChI is InChI=1S/C22H17FN4OS/c1-27-14-13-24-21(27)20-19(16-5-3-2-4-6-16)26-22(29-20)25-18(28)12-9-15-7-10-17(23)11-8-15/h2-14H,1H3,(H,25,26,28)/b12-9+. The molecule has 144 valence electrons. The van der Waals surface area contributed by atoms with Crippen LogP contribution < -0.4 is 5.32 Å². The predicted molar refractivity (Wildman–Crippen MR) is 114 cm³/mol. The number of imidazole rings is 1. The van der Waals surface area contributed by atoms with Crippen LogP contribution in [0.1, 0.15) is 5.56 Å². The molecule has 1 amide bonds. The fraction of sp³-hybridized carbons (Fsp3) is 0.0455. The Balaban J connectivity index is 1.61. The van der Waals surface area contributed by atoms with Crippen LogP contribution >= 0.6 is 11.3 Å². The summed E-state index contributed by atoms with van der Waals surface area (Å²) in [6.45, 7) is 0. The monoisotopic (exact) mass is 404 g/mol. The molecule has 5 nitrogen and oxygen atoms in total. The Kier molecular flexibility index (Phi) is 5.31. The molecule has 2 aromatic carbocycles. The smallest absolute Gasteiger partial charge is 0.250 e. The third-order valence-corrected chi connectivity index (χ3v) is 5.19. The van der Waals surface area contributed by atoms with Crippen LogP contribution in [0.25, 0.3) is 28.0 Å². The number of nitrogens with zero attached hydrogens (tertiary/aromatic N) is 3. The van der Waals surface area contributed by atoms with Crippen molar-refractivity contribution in [3.63, 3.8) is 0 Å². The molecule has 29 heavy (non-hydrogen) atoms. The van der Waals surface area contributed by atoms with Gasteiger partial charge in [-0.15, -0.1) is 0 Å². The van der Waals surface area contributed by atoms with Gasteiger partial charge in [0.2, 0.25) is 5.91 Å². The van der Waals surface area contributed by atoms with E-state index in [9.17, 15) is 9.18 Å². The minimum absolute atomic E-state index is 0.311. The zero-order chi connectivity index (χ0) is 20.2. The van der Waals surface area contributed by atoms with Crippen LogP contribution in [0.3, 0.4) is 0 Å². The van der Waals surface area contributed by atoms with Gasteiger partial charge in [0.25, 0.3) is 0 Å². The molecule has 0 saturated carbocycles. The fourth-order valence-corrected chi connectivity index (χ4v) is 3.82. The number of benzene rings is 2. The van der Waals surface area contributed by atoms with Gasteiger partial charge in [-0.05, 0) is 23.8 Å². The number of anilines is 1. The van der Waals surface area contributed by atoms with Crippen molar-refractivity contribution in [3.8, 4) is 22.0 Å². The summed E-state index contributed by atoms with van der Waals surface area (Å²) in [7, 11) is 1.92. The van der Waals surface area contributed by atoms with Gasteiger partial charge in [0.15, 0.2) is 11.0 Å². The van der Waals surface area contributed by atoms with Crippen LogP contribution in [0.5, 0.6) is 0 Å². The molecular weight excluding hydrogens is 387 g/mol. The fourth-order valence-electron chi connectivity index (χ4n) is 2.79. The first kappa shape index (κ1) is 18.8. The third-order valence-electron chi connectivity index (χ3n) is 4.23. The summed E-state index contributed by atoms with van der Waals surface area (Å²) in [4.78, 5) is 22.3. The topological polar surface area (TPSA) is 59.8 Å². The number of carbonyl (C=O) groups is 1. The van der Waals surface area contributed by atoms with Gasteiger partial charge >= 0.3 is 0 Å². The molecule has 0 aliphatic carbocycles. The van der Waals surface area contributed by atoms with E-state index in [1.807, 2.05) is 48.1 Å². The molecule has 0 atom stereocenters. The number of carbonyl (C=O) groups excluding carboxylic acids is 1. The molecule has 7 heteroatoms. The molecule has 0 saturated heterocycles. The zero-order valence-electron chi connectivity index (χ0n) is 15.5. The Labute approximate surface area is 171 Å². The molecule has 0 aliphatic rings. The van der Waals surface area contributed by atoms with Crippen LogP contribution in [0.4, 0.5) is 9.52 Å². The summed E-state index contributed by atoms with van der Waals surface area (Å²) in [5.41, 5.74) is 2.45. The highest BCUT2D eigenvalue weighted by atomic mass is 32.1. The number of halogens is 1. The lowest BCUT2D eigenvalue weighted by atomic mass is 10.1. The zero-order valence-corrected chi connectivity index (χ0v) is 16.4. The summed E-state index contributed by atoms with van der Waals surface area (Å²) in [5, 5.41) is 3.29. The molecule has 4 aromatic rings. The van der Waals surface area contributed by atoms with Gasteiger partial charge in [-0.3, -0.25) is 10.1 Å².